The first-order valence-electron chi connectivity index (χ1n) is 6.98. The van der Waals surface area contributed by atoms with Crippen molar-refractivity contribution in [1.29, 1.82) is 0 Å². The summed E-state index contributed by atoms with van der Waals surface area (Å²) in [5.41, 5.74) is 1.22. The highest BCUT2D eigenvalue weighted by Crippen LogP contribution is 2.35. The number of hydrogen-bond donors (Lipinski definition) is 1. The summed E-state index contributed by atoms with van der Waals surface area (Å²) in [6.45, 7) is 0. The van der Waals surface area contributed by atoms with Crippen LogP contribution in [0.5, 0.6) is 0 Å². The van der Waals surface area contributed by atoms with Crippen molar-refractivity contribution >= 4 is 27.3 Å². The van der Waals surface area contributed by atoms with E-state index in [0.29, 0.717) is 0 Å². The third-order valence-corrected chi connectivity index (χ3v) is 5.83. The lowest BCUT2D eigenvalue weighted by molar-refractivity contribution is 0.179. The number of rotatable bonds is 3. The van der Waals surface area contributed by atoms with Crippen LogP contribution in [0, 0.1) is 11.6 Å². The molecule has 1 aliphatic carbocycles. The highest BCUT2D eigenvalue weighted by atomic mass is 79.9. The Labute approximate surface area is 134 Å². The maximum absolute atomic E-state index is 14.0. The monoisotopic (exact) mass is 372 g/mol. The Bertz CT molecular complexity index is 645. The molecule has 1 unspecified atom stereocenters. The van der Waals surface area contributed by atoms with Crippen LogP contribution in [0.15, 0.2) is 22.7 Å². The molecule has 0 fully saturated rings. The maximum atomic E-state index is 14.0. The predicted octanol–water partition coefficient (Wildman–Crippen LogP) is 4.94. The number of aliphatic hydroxyl groups is 1. The van der Waals surface area contributed by atoms with E-state index in [1.54, 1.807) is 11.3 Å². The van der Waals surface area contributed by atoms with Gasteiger partial charge in [-0.05, 0) is 65.4 Å². The molecule has 1 aromatic carbocycles. The molecule has 1 heterocycles. The molecule has 0 spiro atoms. The van der Waals surface area contributed by atoms with Crippen LogP contribution in [0.3, 0.4) is 0 Å². The molecule has 2 aromatic rings. The van der Waals surface area contributed by atoms with Gasteiger partial charge >= 0.3 is 0 Å². The molecule has 3 rings (SSSR count). The summed E-state index contributed by atoms with van der Waals surface area (Å²) in [6, 6.07) is 4.55. The van der Waals surface area contributed by atoms with Crippen molar-refractivity contribution in [2.45, 2.75) is 38.2 Å². The summed E-state index contributed by atoms with van der Waals surface area (Å²) in [5, 5.41) is 10.3. The number of halogens is 3. The van der Waals surface area contributed by atoms with E-state index in [1.807, 2.05) is 6.07 Å². The molecule has 1 N–H and O–H groups in total. The number of hydrogen-bond acceptors (Lipinski definition) is 2. The zero-order valence-electron chi connectivity index (χ0n) is 11.3. The molecule has 0 aliphatic heterocycles. The zero-order valence-corrected chi connectivity index (χ0v) is 13.7. The van der Waals surface area contributed by atoms with Crippen molar-refractivity contribution in [3.8, 4) is 0 Å². The fourth-order valence-corrected chi connectivity index (χ4v) is 4.34. The van der Waals surface area contributed by atoms with Crippen molar-refractivity contribution < 1.29 is 13.9 Å². The molecule has 0 saturated heterocycles. The number of fused-ring (bicyclic) bond motifs is 1. The van der Waals surface area contributed by atoms with E-state index in [9.17, 15) is 13.9 Å². The van der Waals surface area contributed by atoms with E-state index >= 15 is 0 Å². The van der Waals surface area contributed by atoms with Gasteiger partial charge in [0.05, 0.1) is 10.6 Å². The van der Waals surface area contributed by atoms with E-state index in [2.05, 4.69) is 15.9 Å². The Kier molecular flexibility index (Phi) is 4.43. The van der Waals surface area contributed by atoms with Crippen LogP contribution in [-0.2, 0) is 19.3 Å². The lowest BCUT2D eigenvalue weighted by Crippen LogP contribution is -2.05. The smallest absolute Gasteiger partial charge is 0.143 e. The molecular weight excluding hydrogens is 358 g/mol. The van der Waals surface area contributed by atoms with Crippen molar-refractivity contribution in [1.82, 2.24) is 0 Å². The third kappa shape index (κ3) is 3.05. The second-order valence-corrected chi connectivity index (χ2v) is 7.37. The Hall–Kier alpha value is -0.780. The first kappa shape index (κ1) is 15.1. The minimum atomic E-state index is -0.862. The van der Waals surface area contributed by atoms with Gasteiger partial charge in [0.15, 0.2) is 0 Å². The predicted molar refractivity (Wildman–Crippen MR) is 83.7 cm³/mol. The Morgan fingerprint density at radius 1 is 1.24 bits per heavy atom. The largest absolute Gasteiger partial charge is 0.387 e. The molecule has 1 aliphatic rings. The van der Waals surface area contributed by atoms with Gasteiger partial charge in [0, 0.05) is 21.7 Å². The van der Waals surface area contributed by atoms with E-state index in [1.165, 1.54) is 35.4 Å². The topological polar surface area (TPSA) is 20.2 Å². The first-order chi connectivity index (χ1) is 10.1. The lowest BCUT2D eigenvalue weighted by Gasteiger charge is -2.11. The van der Waals surface area contributed by atoms with Crippen molar-refractivity contribution in [3.63, 3.8) is 0 Å². The van der Waals surface area contributed by atoms with Gasteiger partial charge in [0.25, 0.3) is 0 Å². The summed E-state index contributed by atoms with van der Waals surface area (Å²) in [4.78, 5) is 2.12. The van der Waals surface area contributed by atoms with E-state index in [4.69, 9.17) is 0 Å². The molecule has 21 heavy (non-hydrogen) atoms. The summed E-state index contributed by atoms with van der Waals surface area (Å²) in [6.07, 6.45) is 3.53. The highest BCUT2D eigenvalue weighted by Gasteiger charge is 2.21. The number of aryl methyl sites for hydroxylation is 2. The minimum Gasteiger partial charge on any atom is -0.387 e. The molecule has 112 valence electrons. The van der Waals surface area contributed by atoms with E-state index in [-0.39, 0.29) is 16.5 Å². The van der Waals surface area contributed by atoms with Crippen LogP contribution >= 0.6 is 27.3 Å². The van der Waals surface area contributed by atoms with Crippen molar-refractivity contribution in [3.05, 3.63) is 55.2 Å². The van der Waals surface area contributed by atoms with Crippen molar-refractivity contribution in [2.75, 3.05) is 0 Å². The van der Waals surface area contributed by atoms with Gasteiger partial charge in [-0.2, -0.15) is 0 Å². The van der Waals surface area contributed by atoms with Crippen LogP contribution in [0.2, 0.25) is 0 Å². The van der Waals surface area contributed by atoms with Gasteiger partial charge in [-0.1, -0.05) is 0 Å². The summed E-state index contributed by atoms with van der Waals surface area (Å²) in [7, 11) is 0. The summed E-state index contributed by atoms with van der Waals surface area (Å²) < 4.78 is 28.0. The average Bonchev–Trinajstić information content (AvgIpc) is 2.91. The van der Waals surface area contributed by atoms with Gasteiger partial charge in [-0.15, -0.1) is 11.3 Å². The summed E-state index contributed by atoms with van der Waals surface area (Å²) in [5.74, 6) is -1.24. The number of aliphatic hydroxyl groups excluding tert-OH is 1. The molecule has 0 amide bonds. The standard InChI is InChI=1S/C16H15BrF2OS/c17-11-5-6-12(18)10(16(11)19)8-13(20)15-7-9-3-1-2-4-14(9)21-15/h5-7,13,20H,1-4,8H2. The maximum Gasteiger partial charge on any atom is 0.143 e. The Morgan fingerprint density at radius 3 is 2.76 bits per heavy atom. The molecule has 1 atom stereocenters. The second kappa shape index (κ2) is 6.15. The van der Waals surface area contributed by atoms with Crippen LogP contribution in [0.4, 0.5) is 8.78 Å². The average molecular weight is 373 g/mol. The van der Waals surface area contributed by atoms with Gasteiger partial charge in [-0.25, -0.2) is 8.78 Å². The molecule has 0 saturated carbocycles. The zero-order chi connectivity index (χ0) is 15.0. The molecule has 1 aromatic heterocycles. The molecular formula is C16H15BrF2OS. The van der Waals surface area contributed by atoms with Crippen LogP contribution in [0.25, 0.3) is 0 Å². The highest BCUT2D eigenvalue weighted by molar-refractivity contribution is 9.10. The minimum absolute atomic E-state index is 0.0451. The van der Waals surface area contributed by atoms with Crippen LogP contribution < -0.4 is 0 Å². The second-order valence-electron chi connectivity index (χ2n) is 5.35. The van der Waals surface area contributed by atoms with E-state index < -0.39 is 17.7 Å². The molecule has 0 radical (unpaired) electrons. The fourth-order valence-electron chi connectivity index (χ4n) is 2.73. The van der Waals surface area contributed by atoms with E-state index in [0.717, 1.165) is 17.7 Å². The lowest BCUT2D eigenvalue weighted by atomic mass is 9.98. The Morgan fingerprint density at radius 2 is 2.00 bits per heavy atom. The fraction of sp³-hybridized carbons (Fsp3) is 0.375. The number of thiophene rings is 1. The number of benzene rings is 1. The van der Waals surface area contributed by atoms with Gasteiger partial charge in [0.2, 0.25) is 0 Å². The van der Waals surface area contributed by atoms with Gasteiger partial charge in [0.1, 0.15) is 11.6 Å². The van der Waals surface area contributed by atoms with Crippen LogP contribution in [0.1, 0.15) is 39.8 Å². The third-order valence-electron chi connectivity index (χ3n) is 3.88. The van der Waals surface area contributed by atoms with Gasteiger partial charge in [-0.3, -0.25) is 0 Å². The molecule has 0 bridgehead atoms. The van der Waals surface area contributed by atoms with Crippen molar-refractivity contribution in [2.24, 2.45) is 0 Å². The van der Waals surface area contributed by atoms with Gasteiger partial charge < -0.3 is 5.11 Å². The SMILES string of the molecule is OC(Cc1c(F)ccc(Br)c1F)c1cc2c(s1)CCCC2. The normalized spacial score (nSPS) is 15.8. The first-order valence-corrected chi connectivity index (χ1v) is 8.59. The van der Waals surface area contributed by atoms with Crippen LogP contribution in [-0.4, -0.2) is 5.11 Å². The summed E-state index contributed by atoms with van der Waals surface area (Å²) >= 11 is 4.62. The Balaban J connectivity index is 1.85. The molecule has 5 heteroatoms. The quantitative estimate of drug-likeness (QED) is 0.756. The molecule has 1 nitrogen and oxygen atoms in total.